The zero-order chi connectivity index (χ0) is 38.2. The van der Waals surface area contributed by atoms with Crippen molar-refractivity contribution in [3.05, 3.63) is 117 Å². The van der Waals surface area contributed by atoms with Crippen molar-refractivity contribution >= 4 is 28.0 Å². The number of rotatable bonds is 6. The van der Waals surface area contributed by atoms with E-state index in [1.165, 1.54) is 91.9 Å². The van der Waals surface area contributed by atoms with E-state index in [1.54, 1.807) is 0 Å². The minimum atomic E-state index is -4.50. The molecule has 2 saturated carbocycles. The van der Waals surface area contributed by atoms with E-state index < -0.39 is 74.5 Å². The van der Waals surface area contributed by atoms with Crippen LogP contribution in [-0.2, 0) is 0 Å². The minimum Gasteiger partial charge on any atom is -0.337 e. The molecule has 52 heavy (non-hydrogen) atoms. The van der Waals surface area contributed by atoms with E-state index in [0.717, 1.165) is 24.3 Å². The van der Waals surface area contributed by atoms with Crippen LogP contribution in [0.4, 0.5) is 35.1 Å². The van der Waals surface area contributed by atoms with Gasteiger partial charge in [-0.15, -0.1) is 21.9 Å². The average Bonchev–Trinajstić information content (AvgIpc) is 3.09. The van der Waals surface area contributed by atoms with Gasteiger partial charge >= 0.3 is 0 Å². The van der Waals surface area contributed by atoms with Crippen LogP contribution >= 0.6 is 0 Å². The molecule has 0 atom stereocenters. The van der Waals surface area contributed by atoms with Gasteiger partial charge in [0.25, 0.3) is 0 Å². The SMILES string of the molecule is CC1([NH2+]C2(C)CCCCC2)CCCCC1.Cc1ccc(F)c([B-](c2c(F)ccc(C)c2F)(c2c(F)ccc(C)c2F)c2c(F)ccc(C)c2F)c1F. The van der Waals surface area contributed by atoms with Gasteiger partial charge in [0.2, 0.25) is 0 Å². The first-order valence-corrected chi connectivity index (χ1v) is 18.3. The Labute approximate surface area is 302 Å². The van der Waals surface area contributed by atoms with E-state index in [4.69, 9.17) is 0 Å². The Morgan fingerprint density at radius 2 is 0.635 bits per heavy atom. The lowest BCUT2D eigenvalue weighted by Crippen LogP contribution is -3.05. The van der Waals surface area contributed by atoms with E-state index in [-0.39, 0.29) is 22.3 Å². The first-order chi connectivity index (χ1) is 24.5. The normalized spacial score (nSPS) is 17.0. The van der Waals surface area contributed by atoms with Crippen molar-refractivity contribution in [1.82, 2.24) is 0 Å². The molecule has 2 aliphatic carbocycles. The van der Waals surface area contributed by atoms with Crippen molar-refractivity contribution in [3.63, 3.8) is 0 Å². The van der Waals surface area contributed by atoms with Crippen molar-refractivity contribution < 1.29 is 40.4 Å². The van der Waals surface area contributed by atoms with Gasteiger partial charge < -0.3 is 5.32 Å². The lowest BCUT2D eigenvalue weighted by atomic mass is 9.12. The van der Waals surface area contributed by atoms with E-state index in [0.29, 0.717) is 35.3 Å². The number of benzene rings is 4. The van der Waals surface area contributed by atoms with Gasteiger partial charge in [0, 0.05) is 25.7 Å². The highest BCUT2D eigenvalue weighted by molar-refractivity contribution is 7.20. The molecule has 0 bridgehead atoms. The monoisotopic (exact) mass is 729 g/mol. The molecular weight excluding hydrogens is 681 g/mol. The van der Waals surface area contributed by atoms with Crippen LogP contribution < -0.4 is 27.2 Å². The summed E-state index contributed by atoms with van der Waals surface area (Å²) in [5, 5.41) is 2.76. The van der Waals surface area contributed by atoms with Crippen LogP contribution in [0.5, 0.6) is 0 Å². The molecule has 0 aliphatic heterocycles. The van der Waals surface area contributed by atoms with Gasteiger partial charge in [0.1, 0.15) is 6.15 Å². The molecule has 1 nitrogen and oxygen atoms in total. The Kier molecular flexibility index (Phi) is 11.7. The summed E-state index contributed by atoms with van der Waals surface area (Å²) in [6.07, 6.45) is 10.1. The Morgan fingerprint density at radius 1 is 0.404 bits per heavy atom. The standard InChI is InChI=1S/C28H20BF8.C14H27N/c1-13-5-9-17(30)21(25(13)34)29(22-18(31)10-6-14(2)26(22)35,23-19(32)11-7-15(3)27(23)36)24-20(33)12-8-16(4)28(24)37;1-13(9-5-3-6-10-13)15-14(2)11-7-4-8-12-14/h5-12H,1-4H3;15H,3-12H2,1-2H3/q-1;/p+1. The number of quaternary nitrogens is 1. The maximum atomic E-state index is 15.9. The lowest BCUT2D eigenvalue weighted by molar-refractivity contribution is -0.789. The van der Waals surface area contributed by atoms with Gasteiger partial charge in [0.05, 0.1) is 57.6 Å². The Bertz CT molecular complexity index is 1690. The van der Waals surface area contributed by atoms with Crippen LogP contribution in [0.1, 0.15) is 100 Å². The number of hydrogen-bond donors (Lipinski definition) is 1. The van der Waals surface area contributed by atoms with Crippen LogP contribution in [0.3, 0.4) is 0 Å². The van der Waals surface area contributed by atoms with Gasteiger partial charge in [-0.25, -0.2) is 35.1 Å². The van der Waals surface area contributed by atoms with Crippen molar-refractivity contribution in [1.29, 1.82) is 0 Å². The molecule has 0 unspecified atom stereocenters. The van der Waals surface area contributed by atoms with Crippen LogP contribution in [0.25, 0.3) is 0 Å². The third kappa shape index (κ3) is 7.29. The van der Waals surface area contributed by atoms with E-state index in [1.807, 2.05) is 0 Å². The summed E-state index contributed by atoms with van der Waals surface area (Å²) in [4.78, 5) is 0. The zero-order valence-electron chi connectivity index (χ0n) is 30.9. The largest absolute Gasteiger partial charge is 0.337 e. The van der Waals surface area contributed by atoms with E-state index in [9.17, 15) is 0 Å². The van der Waals surface area contributed by atoms with Crippen LogP contribution in [0, 0.1) is 74.2 Å². The second-order valence-corrected chi connectivity index (χ2v) is 15.8. The topological polar surface area (TPSA) is 16.6 Å². The van der Waals surface area contributed by atoms with Gasteiger partial charge in [-0.2, -0.15) is 0 Å². The highest BCUT2D eigenvalue weighted by Crippen LogP contribution is 2.30. The molecule has 280 valence electrons. The second kappa shape index (κ2) is 15.4. The fourth-order valence-corrected chi connectivity index (χ4v) is 9.02. The maximum Gasteiger partial charge on any atom is 0.136 e. The fraction of sp³-hybridized carbons (Fsp3) is 0.429. The summed E-state index contributed by atoms with van der Waals surface area (Å²) in [5.74, 6) is -11.8. The predicted molar refractivity (Wildman–Crippen MR) is 194 cm³/mol. The molecule has 0 aromatic heterocycles. The summed E-state index contributed by atoms with van der Waals surface area (Å²) < 4.78 is 127. The average molecular weight is 730 g/mol. The second-order valence-electron chi connectivity index (χ2n) is 15.8. The van der Waals surface area contributed by atoms with Crippen LogP contribution in [0.2, 0.25) is 0 Å². The van der Waals surface area contributed by atoms with Gasteiger partial charge in [-0.05, 0) is 114 Å². The smallest absolute Gasteiger partial charge is 0.136 e. The van der Waals surface area contributed by atoms with Crippen molar-refractivity contribution in [2.75, 3.05) is 0 Å². The third-order valence-electron chi connectivity index (χ3n) is 11.7. The van der Waals surface area contributed by atoms with Crippen molar-refractivity contribution in [2.45, 2.75) is 117 Å². The summed E-state index contributed by atoms with van der Waals surface area (Å²) in [6, 6.07) is 6.82. The summed E-state index contributed by atoms with van der Waals surface area (Å²) in [5.41, 5.74) is -5.04. The highest BCUT2D eigenvalue weighted by Gasteiger charge is 2.47. The predicted octanol–water partition coefficient (Wildman–Crippen LogP) is 8.41. The van der Waals surface area contributed by atoms with Crippen LogP contribution in [-0.4, -0.2) is 17.2 Å². The lowest BCUT2D eigenvalue weighted by Gasteiger charge is -2.45. The molecule has 4 aromatic carbocycles. The number of hydrogen-bond acceptors (Lipinski definition) is 0. The molecule has 0 spiro atoms. The summed E-state index contributed by atoms with van der Waals surface area (Å²) in [7, 11) is 0. The van der Waals surface area contributed by atoms with Crippen molar-refractivity contribution in [3.8, 4) is 0 Å². The molecule has 4 aromatic rings. The molecule has 0 saturated heterocycles. The molecule has 0 radical (unpaired) electrons. The molecule has 2 N–H and O–H groups in total. The van der Waals surface area contributed by atoms with Crippen LogP contribution in [0.15, 0.2) is 48.5 Å². The molecule has 0 heterocycles. The summed E-state index contributed by atoms with van der Waals surface area (Å²) >= 11 is 0. The van der Waals surface area contributed by atoms with Crippen molar-refractivity contribution in [2.24, 2.45) is 0 Å². The third-order valence-corrected chi connectivity index (χ3v) is 11.7. The zero-order valence-corrected chi connectivity index (χ0v) is 30.9. The first kappa shape index (κ1) is 39.6. The molecule has 2 aliphatic rings. The molecule has 0 amide bonds. The molecule has 2 fully saturated rings. The maximum absolute atomic E-state index is 15.9. The Balaban J connectivity index is 0.000000289. The number of nitrogens with two attached hydrogens (primary N) is 1. The van der Waals surface area contributed by atoms with E-state index in [2.05, 4.69) is 19.2 Å². The minimum absolute atomic E-state index is 0.280. The Morgan fingerprint density at radius 3 is 0.865 bits per heavy atom. The quantitative estimate of drug-likeness (QED) is 0.152. The summed E-state index contributed by atoms with van der Waals surface area (Å²) in [6.45, 7) is 9.71. The van der Waals surface area contributed by atoms with E-state index >= 15 is 35.1 Å². The van der Waals surface area contributed by atoms with Gasteiger partial charge in [0.15, 0.2) is 0 Å². The Hall–Kier alpha value is -3.66. The highest BCUT2D eigenvalue weighted by atomic mass is 19.2. The first-order valence-electron chi connectivity index (χ1n) is 18.3. The fourth-order valence-electron chi connectivity index (χ4n) is 9.02. The molecule has 10 heteroatoms. The number of aryl methyl sites for hydroxylation is 4. The van der Waals surface area contributed by atoms with Gasteiger partial charge in [-0.3, -0.25) is 0 Å². The van der Waals surface area contributed by atoms with Gasteiger partial charge in [-0.1, -0.05) is 37.1 Å². The molecule has 6 rings (SSSR count). The molecular formula is C42H48BF8N. The number of halogens is 8.